The summed E-state index contributed by atoms with van der Waals surface area (Å²) >= 11 is 0. The highest BCUT2D eigenvalue weighted by atomic mass is 16.6. The second-order valence-corrected chi connectivity index (χ2v) is 6.97. The number of carbonyl (C=O) groups is 1. The Kier molecular flexibility index (Phi) is 9.03. The minimum atomic E-state index is -0.129. The van der Waals surface area contributed by atoms with E-state index in [1.54, 1.807) is 0 Å². The molecule has 1 fully saturated rings. The van der Waals surface area contributed by atoms with Crippen molar-refractivity contribution in [3.05, 3.63) is 0 Å². The van der Waals surface area contributed by atoms with Gasteiger partial charge in [0.05, 0.1) is 6.42 Å². The van der Waals surface area contributed by atoms with Gasteiger partial charge < -0.3 is 4.74 Å². The van der Waals surface area contributed by atoms with Crippen molar-refractivity contribution in [1.29, 1.82) is 0 Å². The van der Waals surface area contributed by atoms with Crippen molar-refractivity contribution in [3.8, 4) is 0 Å². The Hall–Kier alpha value is -0.530. The van der Waals surface area contributed by atoms with Gasteiger partial charge >= 0.3 is 5.97 Å². The van der Waals surface area contributed by atoms with E-state index >= 15 is 0 Å². The summed E-state index contributed by atoms with van der Waals surface area (Å²) in [7, 11) is 0. The first-order chi connectivity index (χ1) is 10.1. The van der Waals surface area contributed by atoms with Gasteiger partial charge in [0.25, 0.3) is 0 Å². The molecule has 1 unspecified atom stereocenters. The molecule has 0 aliphatic carbocycles. The van der Waals surface area contributed by atoms with Crippen molar-refractivity contribution < 1.29 is 9.53 Å². The van der Waals surface area contributed by atoms with E-state index in [0.29, 0.717) is 12.3 Å². The molecule has 1 atom stereocenters. The Morgan fingerprint density at radius 1 is 0.905 bits per heavy atom. The zero-order valence-corrected chi connectivity index (χ0v) is 14.6. The number of ether oxygens (including phenoxy) is 1. The van der Waals surface area contributed by atoms with Crippen LogP contribution in [0, 0.1) is 5.92 Å². The number of carbonyl (C=O) groups excluding carboxylic acids is 1. The van der Waals surface area contributed by atoms with Crippen LogP contribution in [0.4, 0.5) is 0 Å². The van der Waals surface area contributed by atoms with Crippen molar-refractivity contribution in [3.63, 3.8) is 0 Å². The first-order valence-electron chi connectivity index (χ1n) is 9.36. The Labute approximate surface area is 132 Å². The topological polar surface area (TPSA) is 26.3 Å². The minimum Gasteiger partial charge on any atom is -0.459 e. The van der Waals surface area contributed by atoms with E-state index in [4.69, 9.17) is 4.74 Å². The number of hydrogen-bond donors (Lipinski definition) is 0. The van der Waals surface area contributed by atoms with E-state index in [9.17, 15) is 4.79 Å². The summed E-state index contributed by atoms with van der Waals surface area (Å²) in [5, 5.41) is 0. The third kappa shape index (κ3) is 6.40. The summed E-state index contributed by atoms with van der Waals surface area (Å²) in [4.78, 5) is 11.7. The lowest BCUT2D eigenvalue weighted by Crippen LogP contribution is -2.34. The van der Waals surface area contributed by atoms with Crippen LogP contribution in [0.5, 0.6) is 0 Å². The summed E-state index contributed by atoms with van der Waals surface area (Å²) in [5.41, 5.74) is -0.129. The van der Waals surface area contributed by atoms with Gasteiger partial charge in [-0.25, -0.2) is 0 Å². The third-order valence-corrected chi connectivity index (χ3v) is 5.10. The zero-order valence-electron chi connectivity index (χ0n) is 14.6. The van der Waals surface area contributed by atoms with Gasteiger partial charge in [-0.3, -0.25) is 4.79 Å². The Morgan fingerprint density at radius 2 is 1.38 bits per heavy atom. The van der Waals surface area contributed by atoms with Crippen LogP contribution in [0.1, 0.15) is 104 Å². The minimum absolute atomic E-state index is 0.0321. The van der Waals surface area contributed by atoms with Gasteiger partial charge in [-0.2, -0.15) is 0 Å². The van der Waals surface area contributed by atoms with Crippen molar-refractivity contribution in [2.24, 2.45) is 5.92 Å². The molecular weight excluding hydrogens is 260 g/mol. The molecule has 0 N–H and O–H groups in total. The monoisotopic (exact) mass is 296 g/mol. The van der Waals surface area contributed by atoms with Gasteiger partial charge in [0.2, 0.25) is 0 Å². The maximum Gasteiger partial charge on any atom is 0.306 e. The maximum absolute atomic E-state index is 11.7. The number of esters is 1. The Bertz CT molecular complexity index is 271. The van der Waals surface area contributed by atoms with Gasteiger partial charge in [0, 0.05) is 5.92 Å². The van der Waals surface area contributed by atoms with Crippen LogP contribution in [-0.2, 0) is 9.53 Å². The van der Waals surface area contributed by atoms with Crippen molar-refractivity contribution >= 4 is 5.97 Å². The molecule has 0 radical (unpaired) electrons. The molecule has 2 heteroatoms. The Balaban J connectivity index is 2.38. The molecule has 0 aromatic carbocycles. The van der Waals surface area contributed by atoms with Crippen LogP contribution >= 0.6 is 0 Å². The van der Waals surface area contributed by atoms with Crippen LogP contribution in [0.15, 0.2) is 0 Å². The molecule has 21 heavy (non-hydrogen) atoms. The van der Waals surface area contributed by atoms with Crippen LogP contribution in [0.25, 0.3) is 0 Å². The van der Waals surface area contributed by atoms with Crippen LogP contribution in [0.3, 0.4) is 0 Å². The highest BCUT2D eigenvalue weighted by Crippen LogP contribution is 2.41. The average molecular weight is 296 g/mol. The fraction of sp³-hybridized carbons (Fsp3) is 0.947. The summed E-state index contributed by atoms with van der Waals surface area (Å²) in [6, 6.07) is 0. The lowest BCUT2D eigenvalue weighted by molar-refractivity contribution is -0.150. The van der Waals surface area contributed by atoms with Gasteiger partial charge in [0.1, 0.15) is 5.60 Å². The molecule has 0 bridgehead atoms. The van der Waals surface area contributed by atoms with E-state index < -0.39 is 0 Å². The maximum atomic E-state index is 11.7. The summed E-state index contributed by atoms with van der Waals surface area (Å²) < 4.78 is 5.84. The van der Waals surface area contributed by atoms with Crippen molar-refractivity contribution in [1.82, 2.24) is 0 Å². The number of cyclic esters (lactones) is 1. The number of unbranched alkanes of at least 4 members (excludes halogenated alkanes) is 8. The molecule has 0 aromatic rings. The largest absolute Gasteiger partial charge is 0.459 e. The normalized spacial score (nSPS) is 20.7. The SMILES string of the molecule is CCCCCCCC1(CCCCCCC)OC(=O)CC1C. The van der Waals surface area contributed by atoms with E-state index in [0.717, 1.165) is 12.8 Å². The average Bonchev–Trinajstić information content (AvgIpc) is 2.73. The molecule has 1 rings (SSSR count). The summed E-state index contributed by atoms with van der Waals surface area (Å²) in [6.07, 6.45) is 15.7. The molecule has 1 aliphatic heterocycles. The number of rotatable bonds is 12. The second kappa shape index (κ2) is 10.2. The van der Waals surface area contributed by atoms with Crippen molar-refractivity contribution in [2.75, 3.05) is 0 Å². The molecule has 1 heterocycles. The number of hydrogen-bond acceptors (Lipinski definition) is 2. The fourth-order valence-corrected chi connectivity index (χ4v) is 3.58. The third-order valence-electron chi connectivity index (χ3n) is 5.10. The fourth-order valence-electron chi connectivity index (χ4n) is 3.58. The van der Waals surface area contributed by atoms with Gasteiger partial charge in [-0.15, -0.1) is 0 Å². The highest BCUT2D eigenvalue weighted by molar-refractivity contribution is 5.72. The zero-order chi connectivity index (χ0) is 15.6. The van der Waals surface area contributed by atoms with Crippen LogP contribution in [0.2, 0.25) is 0 Å². The molecule has 0 saturated carbocycles. The molecule has 0 amide bonds. The summed E-state index contributed by atoms with van der Waals surface area (Å²) in [5.74, 6) is 0.437. The molecule has 1 saturated heterocycles. The quantitative estimate of drug-likeness (QED) is 0.325. The van der Waals surface area contributed by atoms with E-state index in [1.165, 1.54) is 64.2 Å². The lowest BCUT2D eigenvalue weighted by atomic mass is 9.80. The summed E-state index contributed by atoms with van der Waals surface area (Å²) in [6.45, 7) is 6.71. The predicted molar refractivity (Wildman–Crippen MR) is 89.4 cm³/mol. The molecule has 1 aliphatic rings. The molecule has 0 aromatic heterocycles. The molecule has 0 spiro atoms. The second-order valence-electron chi connectivity index (χ2n) is 6.97. The van der Waals surface area contributed by atoms with Gasteiger partial charge in [0.15, 0.2) is 0 Å². The van der Waals surface area contributed by atoms with Crippen molar-refractivity contribution in [2.45, 2.75) is 110 Å². The molecular formula is C19H36O2. The van der Waals surface area contributed by atoms with E-state index in [1.807, 2.05) is 0 Å². The van der Waals surface area contributed by atoms with Crippen LogP contribution in [-0.4, -0.2) is 11.6 Å². The molecule has 2 nitrogen and oxygen atoms in total. The van der Waals surface area contributed by atoms with E-state index in [2.05, 4.69) is 20.8 Å². The van der Waals surface area contributed by atoms with E-state index in [-0.39, 0.29) is 11.6 Å². The standard InChI is InChI=1S/C19H36O2/c1-4-6-8-10-12-14-19(15-13-11-9-7-5-2)17(3)16-18(20)21-19/h17H,4-16H2,1-3H3. The first-order valence-corrected chi connectivity index (χ1v) is 9.36. The van der Waals surface area contributed by atoms with Crippen LogP contribution < -0.4 is 0 Å². The smallest absolute Gasteiger partial charge is 0.306 e. The predicted octanol–water partition coefficient (Wildman–Crippen LogP) is 6.03. The lowest BCUT2D eigenvalue weighted by Gasteiger charge is -2.32. The van der Waals surface area contributed by atoms with Gasteiger partial charge in [-0.1, -0.05) is 72.1 Å². The van der Waals surface area contributed by atoms with Gasteiger partial charge in [-0.05, 0) is 25.7 Å². The Morgan fingerprint density at radius 3 is 1.76 bits per heavy atom. The highest BCUT2D eigenvalue weighted by Gasteiger charge is 2.45. The molecule has 124 valence electrons. The first kappa shape index (κ1) is 18.5.